The monoisotopic (exact) mass is 410 g/mol. The van der Waals surface area contributed by atoms with Crippen molar-refractivity contribution in [1.29, 1.82) is 0 Å². The summed E-state index contributed by atoms with van der Waals surface area (Å²) in [5, 5.41) is 3.75. The van der Waals surface area contributed by atoms with Gasteiger partial charge in [0.1, 0.15) is 11.6 Å². The third-order valence-corrected chi connectivity index (χ3v) is 4.68. The molecule has 0 bridgehead atoms. The lowest BCUT2D eigenvalue weighted by molar-refractivity contribution is -0.274. The predicted octanol–water partition coefficient (Wildman–Crippen LogP) is 4.12. The van der Waals surface area contributed by atoms with Crippen LogP contribution in [0.3, 0.4) is 0 Å². The van der Waals surface area contributed by atoms with Crippen molar-refractivity contribution >= 4 is 28.8 Å². The Kier molecular flexibility index (Phi) is 5.93. The van der Waals surface area contributed by atoms with Crippen molar-refractivity contribution in [2.24, 2.45) is 0 Å². The fraction of sp³-hybridized carbons (Fsp3) is 0.368. The topological polar surface area (TPSA) is 40.6 Å². The average Bonchev–Trinajstić information content (AvgIpc) is 2.60. The van der Waals surface area contributed by atoms with Gasteiger partial charge in [0.05, 0.1) is 0 Å². The Morgan fingerprint density at radius 1 is 1.11 bits per heavy atom. The number of hydrogen-bond acceptors (Lipinski definition) is 4. The summed E-state index contributed by atoms with van der Waals surface area (Å²) in [4.78, 5) is 8.47. The normalized spacial score (nSPS) is 14.8. The van der Waals surface area contributed by atoms with E-state index in [0.717, 1.165) is 11.3 Å². The van der Waals surface area contributed by atoms with Gasteiger partial charge in [-0.05, 0) is 55.9 Å². The highest BCUT2D eigenvalue weighted by Gasteiger charge is 2.31. The number of anilines is 2. The molecule has 2 heterocycles. The molecular weight excluding hydrogens is 389 g/mol. The van der Waals surface area contributed by atoms with Crippen LogP contribution < -0.4 is 15.0 Å². The summed E-state index contributed by atoms with van der Waals surface area (Å²) in [5.41, 5.74) is 2.70. The Labute approximate surface area is 167 Å². The Morgan fingerprint density at radius 3 is 2.46 bits per heavy atom. The molecule has 0 aliphatic carbocycles. The highest BCUT2D eigenvalue weighted by Crippen LogP contribution is 2.27. The summed E-state index contributed by atoms with van der Waals surface area (Å²) < 4.78 is 41.2. The summed E-state index contributed by atoms with van der Waals surface area (Å²) in [5.74, 6) is 0.493. The number of halogens is 3. The van der Waals surface area contributed by atoms with Gasteiger partial charge in [-0.3, -0.25) is 0 Å². The molecule has 0 radical (unpaired) electrons. The van der Waals surface area contributed by atoms with Crippen LogP contribution >= 0.6 is 12.2 Å². The van der Waals surface area contributed by atoms with E-state index < -0.39 is 6.36 Å². The van der Waals surface area contributed by atoms with Crippen molar-refractivity contribution < 1.29 is 17.9 Å². The number of aryl methyl sites for hydroxylation is 2. The van der Waals surface area contributed by atoms with E-state index in [9.17, 15) is 13.2 Å². The standard InChI is InChI=1S/C19H21F3N4OS/c1-13-10-14(2)23-17(11-13)24-18(28)26-8-6-25(7-9-26)15-4-3-5-16(12-15)27-19(20,21)22/h3-5,10-12H,6-9H2,1-2H3,(H,23,24,28). The predicted molar refractivity (Wildman–Crippen MR) is 107 cm³/mol. The highest BCUT2D eigenvalue weighted by molar-refractivity contribution is 7.80. The van der Waals surface area contributed by atoms with Gasteiger partial charge in [0.15, 0.2) is 5.11 Å². The molecule has 1 fully saturated rings. The fourth-order valence-corrected chi connectivity index (χ4v) is 3.43. The lowest BCUT2D eigenvalue weighted by Crippen LogP contribution is -2.50. The third-order valence-electron chi connectivity index (χ3n) is 4.32. The Morgan fingerprint density at radius 2 is 1.82 bits per heavy atom. The summed E-state index contributed by atoms with van der Waals surface area (Å²) in [6.07, 6.45) is -4.70. The smallest absolute Gasteiger partial charge is 0.406 e. The number of nitrogens with one attached hydrogen (secondary N) is 1. The van der Waals surface area contributed by atoms with Crippen LogP contribution in [0.2, 0.25) is 0 Å². The van der Waals surface area contributed by atoms with E-state index in [1.807, 2.05) is 35.8 Å². The molecule has 0 spiro atoms. The zero-order valence-electron chi connectivity index (χ0n) is 15.6. The number of aromatic nitrogens is 1. The zero-order chi connectivity index (χ0) is 20.3. The van der Waals surface area contributed by atoms with Crippen molar-refractivity contribution in [2.75, 3.05) is 36.4 Å². The van der Waals surface area contributed by atoms with E-state index in [1.165, 1.54) is 12.1 Å². The quantitative estimate of drug-likeness (QED) is 0.768. The lowest BCUT2D eigenvalue weighted by Gasteiger charge is -2.37. The van der Waals surface area contributed by atoms with E-state index in [1.54, 1.807) is 12.1 Å². The van der Waals surface area contributed by atoms with Gasteiger partial charge < -0.3 is 19.9 Å². The van der Waals surface area contributed by atoms with E-state index in [0.29, 0.717) is 42.8 Å². The molecule has 0 atom stereocenters. The average molecular weight is 410 g/mol. The van der Waals surface area contributed by atoms with E-state index in [-0.39, 0.29) is 5.75 Å². The van der Waals surface area contributed by atoms with Gasteiger partial charge in [-0.25, -0.2) is 4.98 Å². The molecule has 5 nitrogen and oxygen atoms in total. The molecule has 1 aromatic carbocycles. The SMILES string of the molecule is Cc1cc(C)nc(NC(=S)N2CCN(c3cccc(OC(F)(F)F)c3)CC2)c1. The maximum atomic E-state index is 12.4. The van der Waals surface area contributed by atoms with Crippen molar-refractivity contribution in [3.63, 3.8) is 0 Å². The minimum Gasteiger partial charge on any atom is -0.406 e. The van der Waals surface area contributed by atoms with Gasteiger partial charge in [-0.1, -0.05) is 6.07 Å². The van der Waals surface area contributed by atoms with Crippen molar-refractivity contribution in [2.45, 2.75) is 20.2 Å². The van der Waals surface area contributed by atoms with Crippen LogP contribution in [0.4, 0.5) is 24.7 Å². The van der Waals surface area contributed by atoms with Crippen LogP contribution in [-0.4, -0.2) is 47.5 Å². The zero-order valence-corrected chi connectivity index (χ0v) is 16.4. The second-order valence-corrected chi connectivity index (χ2v) is 7.01. The lowest BCUT2D eigenvalue weighted by atomic mass is 10.2. The van der Waals surface area contributed by atoms with Gasteiger partial charge in [0.25, 0.3) is 0 Å². The van der Waals surface area contributed by atoms with Gasteiger partial charge in [0.2, 0.25) is 0 Å². The minimum atomic E-state index is -4.70. The van der Waals surface area contributed by atoms with Crippen LogP contribution in [0, 0.1) is 13.8 Å². The number of ether oxygens (including phenoxy) is 1. The van der Waals surface area contributed by atoms with E-state index in [2.05, 4.69) is 15.0 Å². The molecule has 1 N–H and O–H groups in total. The number of hydrogen-bond donors (Lipinski definition) is 1. The summed E-state index contributed by atoms with van der Waals surface area (Å²) in [7, 11) is 0. The number of thiocarbonyl (C=S) groups is 1. The molecule has 3 rings (SSSR count). The number of alkyl halides is 3. The Balaban J connectivity index is 1.58. The number of piperazine rings is 1. The van der Waals surface area contributed by atoms with Crippen molar-refractivity contribution in [3.05, 3.63) is 47.7 Å². The number of rotatable bonds is 3. The number of benzene rings is 1. The van der Waals surface area contributed by atoms with Crippen LogP contribution in [0.25, 0.3) is 0 Å². The first kappa shape index (κ1) is 20.2. The molecule has 0 saturated carbocycles. The van der Waals surface area contributed by atoms with Crippen LogP contribution in [0.15, 0.2) is 36.4 Å². The molecule has 1 saturated heterocycles. The second kappa shape index (κ2) is 8.22. The first-order valence-corrected chi connectivity index (χ1v) is 9.22. The van der Waals surface area contributed by atoms with E-state index >= 15 is 0 Å². The first-order chi connectivity index (χ1) is 13.2. The first-order valence-electron chi connectivity index (χ1n) is 8.81. The van der Waals surface area contributed by atoms with Crippen molar-refractivity contribution in [1.82, 2.24) is 9.88 Å². The molecule has 9 heteroatoms. The molecule has 1 aliphatic heterocycles. The molecule has 0 unspecified atom stereocenters. The van der Waals surface area contributed by atoms with Crippen LogP contribution in [-0.2, 0) is 0 Å². The Hall–Kier alpha value is -2.55. The third kappa shape index (κ3) is 5.48. The van der Waals surface area contributed by atoms with Crippen LogP contribution in [0.1, 0.15) is 11.3 Å². The molecule has 0 amide bonds. The van der Waals surface area contributed by atoms with Gasteiger partial charge in [-0.15, -0.1) is 13.2 Å². The molecular formula is C19H21F3N4OS. The summed E-state index contributed by atoms with van der Waals surface area (Å²) >= 11 is 5.49. The van der Waals surface area contributed by atoms with Gasteiger partial charge in [-0.2, -0.15) is 0 Å². The van der Waals surface area contributed by atoms with Gasteiger partial charge >= 0.3 is 6.36 Å². The van der Waals surface area contributed by atoms with Gasteiger partial charge in [0, 0.05) is 43.6 Å². The van der Waals surface area contributed by atoms with E-state index in [4.69, 9.17) is 12.2 Å². The Bertz CT molecular complexity index is 831. The summed E-state index contributed by atoms with van der Waals surface area (Å²) in [6, 6.07) is 9.95. The maximum absolute atomic E-state index is 12.4. The second-order valence-electron chi connectivity index (χ2n) is 6.62. The number of nitrogens with zero attached hydrogens (tertiary/aromatic N) is 3. The number of pyridine rings is 1. The molecule has 150 valence electrons. The molecule has 28 heavy (non-hydrogen) atoms. The maximum Gasteiger partial charge on any atom is 0.573 e. The minimum absolute atomic E-state index is 0.217. The fourth-order valence-electron chi connectivity index (χ4n) is 3.14. The molecule has 1 aromatic heterocycles. The summed E-state index contributed by atoms with van der Waals surface area (Å²) in [6.45, 7) is 6.51. The molecule has 2 aromatic rings. The van der Waals surface area contributed by atoms with Crippen molar-refractivity contribution in [3.8, 4) is 5.75 Å². The molecule has 1 aliphatic rings. The largest absolute Gasteiger partial charge is 0.573 e. The van der Waals surface area contributed by atoms with Crippen LogP contribution in [0.5, 0.6) is 5.75 Å². The highest BCUT2D eigenvalue weighted by atomic mass is 32.1.